The van der Waals surface area contributed by atoms with Crippen LogP contribution >= 0.6 is 23.4 Å². The molecule has 0 heterocycles. The lowest BCUT2D eigenvalue weighted by Crippen LogP contribution is -1.95. The summed E-state index contributed by atoms with van der Waals surface area (Å²) < 4.78 is 13.0. The molecule has 0 saturated heterocycles. The second-order valence-electron chi connectivity index (χ2n) is 5.21. The number of rotatable bonds is 5. The summed E-state index contributed by atoms with van der Waals surface area (Å²) in [7, 11) is 0. The summed E-state index contributed by atoms with van der Waals surface area (Å²) in [5, 5.41) is 2.64. The van der Waals surface area contributed by atoms with Crippen LogP contribution in [0.1, 0.15) is 5.56 Å². The fourth-order valence-electron chi connectivity index (χ4n) is 2.15. The highest BCUT2D eigenvalue weighted by Crippen LogP contribution is 2.21. The SMILES string of the molecule is Fc1ccc(SC=CC(=Nc2ccccc2)c2ccc(Cl)cc2)cc1. The fraction of sp³-hybridized carbons (Fsp3) is 0. The van der Waals surface area contributed by atoms with E-state index in [1.165, 1.54) is 23.9 Å². The van der Waals surface area contributed by atoms with Crippen molar-refractivity contribution in [3.63, 3.8) is 0 Å². The summed E-state index contributed by atoms with van der Waals surface area (Å²) >= 11 is 7.49. The van der Waals surface area contributed by atoms with E-state index in [0.717, 1.165) is 21.9 Å². The summed E-state index contributed by atoms with van der Waals surface area (Å²) in [5.41, 5.74) is 2.69. The predicted molar refractivity (Wildman–Crippen MR) is 105 cm³/mol. The second kappa shape index (κ2) is 8.65. The molecule has 25 heavy (non-hydrogen) atoms. The molecule has 0 amide bonds. The van der Waals surface area contributed by atoms with Crippen LogP contribution in [0.15, 0.2) is 100 Å². The van der Waals surface area contributed by atoms with Gasteiger partial charge >= 0.3 is 0 Å². The molecule has 0 radical (unpaired) electrons. The van der Waals surface area contributed by atoms with Gasteiger partial charge in [0.25, 0.3) is 0 Å². The number of hydrogen-bond donors (Lipinski definition) is 0. The van der Waals surface area contributed by atoms with E-state index in [-0.39, 0.29) is 5.82 Å². The van der Waals surface area contributed by atoms with E-state index >= 15 is 0 Å². The number of aliphatic imine (C=N–C) groups is 1. The molecule has 3 aromatic rings. The Morgan fingerprint density at radius 1 is 0.880 bits per heavy atom. The van der Waals surface area contributed by atoms with Crippen molar-refractivity contribution in [1.29, 1.82) is 0 Å². The molecular weight excluding hydrogens is 353 g/mol. The summed E-state index contributed by atoms with van der Waals surface area (Å²) in [6.07, 6.45) is 1.95. The Morgan fingerprint density at radius 3 is 2.24 bits per heavy atom. The third-order valence-corrected chi connectivity index (χ3v) is 4.46. The van der Waals surface area contributed by atoms with Crippen molar-refractivity contribution in [2.45, 2.75) is 4.90 Å². The number of para-hydroxylation sites is 1. The highest BCUT2D eigenvalue weighted by Gasteiger charge is 2.01. The van der Waals surface area contributed by atoms with Crippen LogP contribution in [0.4, 0.5) is 10.1 Å². The van der Waals surface area contributed by atoms with Gasteiger partial charge in [0.2, 0.25) is 0 Å². The van der Waals surface area contributed by atoms with Crippen LogP contribution in [0.25, 0.3) is 0 Å². The van der Waals surface area contributed by atoms with Crippen molar-refractivity contribution in [3.8, 4) is 0 Å². The van der Waals surface area contributed by atoms with E-state index in [2.05, 4.69) is 0 Å². The van der Waals surface area contributed by atoms with Gasteiger partial charge in [0.15, 0.2) is 0 Å². The van der Waals surface area contributed by atoms with Crippen molar-refractivity contribution in [2.24, 2.45) is 4.99 Å². The number of thioether (sulfide) groups is 1. The fourth-order valence-corrected chi connectivity index (χ4v) is 2.92. The Morgan fingerprint density at radius 2 is 1.56 bits per heavy atom. The van der Waals surface area contributed by atoms with Gasteiger partial charge in [-0.3, -0.25) is 0 Å². The monoisotopic (exact) mass is 367 g/mol. The minimum atomic E-state index is -0.235. The van der Waals surface area contributed by atoms with Gasteiger partial charge in [0, 0.05) is 15.5 Å². The molecule has 0 bridgehead atoms. The molecule has 0 N–H and O–H groups in total. The molecule has 4 heteroatoms. The van der Waals surface area contributed by atoms with Crippen molar-refractivity contribution in [2.75, 3.05) is 0 Å². The summed E-state index contributed by atoms with van der Waals surface area (Å²) in [6, 6.07) is 23.8. The number of allylic oxidation sites excluding steroid dienone is 1. The zero-order valence-corrected chi connectivity index (χ0v) is 14.8. The Hall–Kier alpha value is -2.36. The van der Waals surface area contributed by atoms with Gasteiger partial charge in [-0.1, -0.05) is 53.7 Å². The van der Waals surface area contributed by atoms with E-state index in [1.807, 2.05) is 66.1 Å². The highest BCUT2D eigenvalue weighted by atomic mass is 35.5. The van der Waals surface area contributed by atoms with Crippen LogP contribution in [0.3, 0.4) is 0 Å². The van der Waals surface area contributed by atoms with Gasteiger partial charge in [-0.2, -0.15) is 0 Å². The van der Waals surface area contributed by atoms with Gasteiger partial charge in [-0.25, -0.2) is 9.38 Å². The lowest BCUT2D eigenvalue weighted by molar-refractivity contribution is 0.626. The molecule has 0 aliphatic rings. The highest BCUT2D eigenvalue weighted by molar-refractivity contribution is 8.02. The first kappa shape index (κ1) is 17.5. The summed E-state index contributed by atoms with van der Waals surface area (Å²) in [4.78, 5) is 5.68. The van der Waals surface area contributed by atoms with Gasteiger partial charge in [-0.15, -0.1) is 0 Å². The molecule has 0 aliphatic heterocycles. The molecule has 124 valence electrons. The molecule has 0 spiro atoms. The molecular formula is C21H15ClFNS. The molecule has 0 aromatic heterocycles. The maximum atomic E-state index is 13.0. The van der Waals surface area contributed by atoms with E-state index in [4.69, 9.17) is 16.6 Å². The van der Waals surface area contributed by atoms with Crippen LogP contribution in [0, 0.1) is 5.82 Å². The molecule has 0 aliphatic carbocycles. The molecule has 0 fully saturated rings. The lowest BCUT2D eigenvalue weighted by Gasteiger charge is -2.03. The normalized spacial score (nSPS) is 11.8. The predicted octanol–water partition coefficient (Wildman–Crippen LogP) is 6.91. The summed E-state index contributed by atoms with van der Waals surface area (Å²) in [5.74, 6) is -0.235. The van der Waals surface area contributed by atoms with Crippen LogP contribution < -0.4 is 0 Å². The van der Waals surface area contributed by atoms with E-state index < -0.39 is 0 Å². The van der Waals surface area contributed by atoms with Gasteiger partial charge in [-0.05, 0) is 60.0 Å². The number of benzene rings is 3. The second-order valence-corrected chi connectivity index (χ2v) is 6.63. The third kappa shape index (κ3) is 5.31. The topological polar surface area (TPSA) is 12.4 Å². The number of nitrogens with zero attached hydrogens (tertiary/aromatic N) is 1. The Balaban J connectivity index is 1.85. The summed E-state index contributed by atoms with van der Waals surface area (Å²) in [6.45, 7) is 0. The van der Waals surface area contributed by atoms with Gasteiger partial charge in [0.1, 0.15) is 5.82 Å². The van der Waals surface area contributed by atoms with Crippen LogP contribution in [-0.4, -0.2) is 5.71 Å². The van der Waals surface area contributed by atoms with Crippen molar-refractivity contribution in [3.05, 3.63) is 107 Å². The first-order chi connectivity index (χ1) is 12.2. The van der Waals surface area contributed by atoms with E-state index in [1.54, 1.807) is 12.1 Å². The molecule has 1 nitrogen and oxygen atoms in total. The number of hydrogen-bond acceptors (Lipinski definition) is 2. The minimum absolute atomic E-state index is 0.235. The standard InChI is InChI=1S/C21H15ClFNS/c22-17-8-6-16(7-9-17)21(24-19-4-2-1-3-5-19)14-15-25-20-12-10-18(23)11-13-20/h1-15H. The van der Waals surface area contributed by atoms with Crippen LogP contribution in [0.5, 0.6) is 0 Å². The van der Waals surface area contributed by atoms with E-state index in [0.29, 0.717) is 5.02 Å². The zero-order chi connectivity index (χ0) is 17.5. The van der Waals surface area contributed by atoms with Gasteiger partial charge < -0.3 is 0 Å². The maximum absolute atomic E-state index is 13.0. The van der Waals surface area contributed by atoms with Crippen LogP contribution in [-0.2, 0) is 0 Å². The Kier molecular flexibility index (Phi) is 6.04. The van der Waals surface area contributed by atoms with Crippen LogP contribution in [0.2, 0.25) is 5.02 Å². The average molecular weight is 368 g/mol. The first-order valence-electron chi connectivity index (χ1n) is 7.69. The van der Waals surface area contributed by atoms with Gasteiger partial charge in [0.05, 0.1) is 11.4 Å². The Bertz CT molecular complexity index is 872. The van der Waals surface area contributed by atoms with Crippen molar-refractivity contribution in [1.82, 2.24) is 0 Å². The quantitative estimate of drug-likeness (QED) is 0.352. The van der Waals surface area contributed by atoms with Crippen molar-refractivity contribution < 1.29 is 4.39 Å². The average Bonchev–Trinajstić information content (AvgIpc) is 2.64. The molecule has 0 saturated carbocycles. The van der Waals surface area contributed by atoms with Crippen molar-refractivity contribution >= 4 is 34.8 Å². The molecule has 0 atom stereocenters. The molecule has 0 unspecified atom stereocenters. The first-order valence-corrected chi connectivity index (χ1v) is 8.95. The van der Waals surface area contributed by atoms with E-state index in [9.17, 15) is 4.39 Å². The zero-order valence-electron chi connectivity index (χ0n) is 13.3. The largest absolute Gasteiger partial charge is 0.248 e. The minimum Gasteiger partial charge on any atom is -0.248 e. The number of halogens is 2. The smallest absolute Gasteiger partial charge is 0.123 e. The maximum Gasteiger partial charge on any atom is 0.123 e. The molecule has 3 rings (SSSR count). The Labute approximate surface area is 155 Å². The molecule has 3 aromatic carbocycles. The lowest BCUT2D eigenvalue weighted by atomic mass is 10.1. The third-order valence-electron chi connectivity index (χ3n) is 3.39.